The van der Waals surface area contributed by atoms with E-state index in [9.17, 15) is 25.5 Å². The minimum absolute atomic E-state index is 0.216. The SMILES string of the molecule is Cc1sc([C@@H]2O[C@H](CO)[C@@H](O)[C@H](O)[C@H]2O)cc1Cc1ccc(O)cc1. The average Bonchev–Trinajstić information content (AvgIpc) is 2.95. The van der Waals surface area contributed by atoms with Crippen molar-refractivity contribution in [2.45, 2.75) is 43.9 Å². The van der Waals surface area contributed by atoms with Gasteiger partial charge < -0.3 is 30.3 Å². The molecular formula is C18H22O6S. The van der Waals surface area contributed by atoms with E-state index in [1.54, 1.807) is 12.1 Å². The van der Waals surface area contributed by atoms with E-state index in [2.05, 4.69) is 0 Å². The molecule has 1 fully saturated rings. The first-order chi connectivity index (χ1) is 11.9. The Balaban J connectivity index is 1.82. The van der Waals surface area contributed by atoms with Gasteiger partial charge >= 0.3 is 0 Å². The lowest BCUT2D eigenvalue weighted by Gasteiger charge is -2.39. The molecule has 1 saturated heterocycles. The van der Waals surface area contributed by atoms with Crippen LogP contribution in [-0.2, 0) is 11.2 Å². The zero-order valence-electron chi connectivity index (χ0n) is 13.7. The van der Waals surface area contributed by atoms with Crippen molar-refractivity contribution in [1.29, 1.82) is 0 Å². The van der Waals surface area contributed by atoms with Crippen LogP contribution in [0.4, 0.5) is 0 Å². The molecule has 5 N–H and O–H groups in total. The summed E-state index contributed by atoms with van der Waals surface area (Å²) in [5, 5.41) is 48.8. The Labute approximate surface area is 149 Å². The molecule has 7 heteroatoms. The number of thiophene rings is 1. The fraction of sp³-hybridized carbons (Fsp3) is 0.444. The van der Waals surface area contributed by atoms with Crippen LogP contribution >= 0.6 is 11.3 Å². The highest BCUT2D eigenvalue weighted by atomic mass is 32.1. The highest BCUT2D eigenvalue weighted by Gasteiger charge is 2.44. The van der Waals surface area contributed by atoms with Gasteiger partial charge in [0, 0.05) is 9.75 Å². The summed E-state index contributed by atoms with van der Waals surface area (Å²) in [5.74, 6) is 0.216. The minimum atomic E-state index is -1.38. The number of aromatic hydroxyl groups is 1. The van der Waals surface area contributed by atoms with Crippen molar-refractivity contribution in [3.63, 3.8) is 0 Å². The molecule has 6 nitrogen and oxygen atoms in total. The maximum absolute atomic E-state index is 10.3. The van der Waals surface area contributed by atoms with E-state index in [4.69, 9.17) is 4.74 Å². The number of hydrogen-bond acceptors (Lipinski definition) is 7. The lowest BCUT2D eigenvalue weighted by atomic mass is 9.94. The van der Waals surface area contributed by atoms with Crippen LogP contribution < -0.4 is 0 Å². The van der Waals surface area contributed by atoms with Crippen LogP contribution in [0.5, 0.6) is 5.75 Å². The van der Waals surface area contributed by atoms with E-state index in [1.807, 2.05) is 25.1 Å². The molecule has 0 spiro atoms. The van der Waals surface area contributed by atoms with Gasteiger partial charge in [-0.3, -0.25) is 0 Å². The van der Waals surface area contributed by atoms with Crippen LogP contribution in [0.1, 0.15) is 27.0 Å². The lowest BCUT2D eigenvalue weighted by molar-refractivity contribution is -0.230. The maximum atomic E-state index is 10.3. The first-order valence-corrected chi connectivity index (χ1v) is 8.90. The zero-order chi connectivity index (χ0) is 18.1. The molecule has 3 rings (SSSR count). The molecule has 0 saturated carbocycles. The van der Waals surface area contributed by atoms with E-state index >= 15 is 0 Å². The van der Waals surface area contributed by atoms with Crippen LogP contribution in [-0.4, -0.2) is 56.6 Å². The Morgan fingerprint density at radius 1 is 1.04 bits per heavy atom. The Morgan fingerprint density at radius 3 is 2.36 bits per heavy atom. The number of rotatable bonds is 4. The molecule has 136 valence electrons. The third-order valence-electron chi connectivity index (χ3n) is 4.54. The summed E-state index contributed by atoms with van der Waals surface area (Å²) in [6, 6.07) is 8.88. The first-order valence-electron chi connectivity index (χ1n) is 8.08. The Kier molecular flexibility index (Phi) is 5.43. The summed E-state index contributed by atoms with van der Waals surface area (Å²) in [4.78, 5) is 1.79. The topological polar surface area (TPSA) is 110 Å². The predicted octanol–water partition coefficient (Wildman–Crippen LogP) is 0.868. The third-order valence-corrected chi connectivity index (χ3v) is 5.70. The molecule has 1 aliphatic rings. The first kappa shape index (κ1) is 18.3. The van der Waals surface area contributed by atoms with Gasteiger partial charge in [-0.25, -0.2) is 0 Å². The van der Waals surface area contributed by atoms with Crippen molar-refractivity contribution < 1.29 is 30.3 Å². The van der Waals surface area contributed by atoms with Crippen molar-refractivity contribution >= 4 is 11.3 Å². The Bertz CT molecular complexity index is 711. The van der Waals surface area contributed by atoms with Crippen molar-refractivity contribution in [1.82, 2.24) is 0 Å². The monoisotopic (exact) mass is 366 g/mol. The van der Waals surface area contributed by atoms with Crippen LogP contribution in [0.25, 0.3) is 0 Å². The molecule has 0 radical (unpaired) electrons. The quantitative estimate of drug-likeness (QED) is 0.549. The van der Waals surface area contributed by atoms with Crippen molar-refractivity contribution in [2.24, 2.45) is 0 Å². The fourth-order valence-corrected chi connectivity index (χ4v) is 4.16. The second-order valence-electron chi connectivity index (χ2n) is 6.32. The molecule has 0 amide bonds. The second kappa shape index (κ2) is 7.41. The largest absolute Gasteiger partial charge is 0.508 e. The van der Waals surface area contributed by atoms with Crippen molar-refractivity contribution in [3.8, 4) is 5.75 Å². The molecule has 2 heterocycles. The van der Waals surface area contributed by atoms with E-state index in [1.165, 1.54) is 11.3 Å². The van der Waals surface area contributed by atoms with E-state index in [0.29, 0.717) is 6.42 Å². The fourth-order valence-electron chi connectivity index (χ4n) is 3.03. The number of ether oxygens (including phenoxy) is 1. The molecule has 2 aromatic rings. The van der Waals surface area contributed by atoms with Gasteiger partial charge in [0.15, 0.2) is 0 Å². The standard InChI is InChI=1S/C18H22O6S/c1-9-11(6-10-2-4-12(20)5-3-10)7-14(25-9)18-17(23)16(22)15(21)13(8-19)24-18/h2-5,7,13,15-23H,6,8H2,1H3/t13-,15-,16+,17-,18+/m1/s1. The number of aryl methyl sites for hydroxylation is 1. The number of aliphatic hydroxyl groups is 4. The molecular weight excluding hydrogens is 344 g/mol. The smallest absolute Gasteiger partial charge is 0.121 e. The van der Waals surface area contributed by atoms with E-state index in [0.717, 1.165) is 20.9 Å². The average molecular weight is 366 g/mol. The maximum Gasteiger partial charge on any atom is 0.121 e. The van der Waals surface area contributed by atoms with Gasteiger partial charge in [-0.1, -0.05) is 12.1 Å². The normalized spacial score (nSPS) is 29.7. The zero-order valence-corrected chi connectivity index (χ0v) is 14.6. The summed E-state index contributed by atoms with van der Waals surface area (Å²) in [7, 11) is 0. The molecule has 1 aliphatic heterocycles. The third kappa shape index (κ3) is 3.72. The number of benzene rings is 1. The number of phenolic OH excluding ortho intramolecular Hbond substituents is 1. The van der Waals surface area contributed by atoms with Crippen molar-refractivity contribution in [3.05, 3.63) is 51.2 Å². The summed E-state index contributed by atoms with van der Waals surface area (Å²) >= 11 is 1.45. The summed E-state index contributed by atoms with van der Waals surface area (Å²) in [5.41, 5.74) is 2.10. The van der Waals surface area contributed by atoms with Gasteiger partial charge in [0.25, 0.3) is 0 Å². The van der Waals surface area contributed by atoms with Gasteiger partial charge in [-0.05, 0) is 42.7 Å². The Morgan fingerprint density at radius 2 is 1.72 bits per heavy atom. The highest BCUT2D eigenvalue weighted by Crippen LogP contribution is 2.37. The highest BCUT2D eigenvalue weighted by molar-refractivity contribution is 7.12. The summed E-state index contributed by atoms with van der Waals surface area (Å²) < 4.78 is 5.62. The van der Waals surface area contributed by atoms with E-state index < -0.39 is 37.1 Å². The van der Waals surface area contributed by atoms with Gasteiger partial charge in [0.2, 0.25) is 0 Å². The minimum Gasteiger partial charge on any atom is -0.508 e. The molecule has 25 heavy (non-hydrogen) atoms. The molecule has 1 aromatic heterocycles. The number of hydrogen-bond donors (Lipinski definition) is 5. The molecule has 0 unspecified atom stereocenters. The molecule has 0 bridgehead atoms. The lowest BCUT2D eigenvalue weighted by Crippen LogP contribution is -2.55. The summed E-state index contributed by atoms with van der Waals surface area (Å²) in [6.07, 6.45) is -5.04. The second-order valence-corrected chi connectivity index (χ2v) is 7.61. The molecule has 0 aliphatic carbocycles. The Hall–Kier alpha value is -1.48. The van der Waals surface area contributed by atoms with Gasteiger partial charge in [0.1, 0.15) is 36.3 Å². The van der Waals surface area contributed by atoms with Crippen LogP contribution in [0.2, 0.25) is 0 Å². The van der Waals surface area contributed by atoms with Crippen LogP contribution in [0.3, 0.4) is 0 Å². The van der Waals surface area contributed by atoms with Crippen LogP contribution in [0.15, 0.2) is 30.3 Å². The van der Waals surface area contributed by atoms with E-state index in [-0.39, 0.29) is 5.75 Å². The molecule has 5 atom stereocenters. The predicted molar refractivity (Wildman–Crippen MR) is 92.7 cm³/mol. The van der Waals surface area contributed by atoms with Gasteiger partial charge in [0.05, 0.1) is 6.61 Å². The van der Waals surface area contributed by atoms with Gasteiger partial charge in [-0.15, -0.1) is 11.3 Å². The van der Waals surface area contributed by atoms with Gasteiger partial charge in [-0.2, -0.15) is 0 Å². The molecule has 1 aromatic carbocycles. The van der Waals surface area contributed by atoms with Crippen LogP contribution in [0, 0.1) is 6.92 Å². The summed E-state index contributed by atoms with van der Waals surface area (Å²) in [6.45, 7) is 1.53. The van der Waals surface area contributed by atoms with Crippen molar-refractivity contribution in [2.75, 3.05) is 6.61 Å². The number of phenols is 1. The number of aliphatic hydroxyl groups excluding tert-OH is 4.